The normalized spacial score (nSPS) is 25.4. The van der Waals surface area contributed by atoms with Crippen molar-refractivity contribution in [3.05, 3.63) is 29.3 Å². The average Bonchev–Trinajstić information content (AvgIpc) is 2.56. The molecular formula is C19H26ClNO4. The third kappa shape index (κ3) is 3.82. The Kier molecular flexibility index (Phi) is 6.12. The maximum Gasteiger partial charge on any atom is 0.317 e. The highest BCUT2D eigenvalue weighted by Crippen LogP contribution is 2.43. The third-order valence-corrected chi connectivity index (χ3v) is 5.20. The van der Waals surface area contributed by atoms with Crippen molar-refractivity contribution in [3.63, 3.8) is 0 Å². The van der Waals surface area contributed by atoms with Gasteiger partial charge in [-0.1, -0.05) is 13.0 Å². The Balaban J connectivity index is 0.00000225. The summed E-state index contributed by atoms with van der Waals surface area (Å²) in [5.74, 6) is -0.136. The predicted molar refractivity (Wildman–Crippen MR) is 97.5 cm³/mol. The monoisotopic (exact) mass is 367 g/mol. The van der Waals surface area contributed by atoms with Gasteiger partial charge >= 0.3 is 5.97 Å². The summed E-state index contributed by atoms with van der Waals surface area (Å²) in [7, 11) is 1.68. The maximum absolute atomic E-state index is 12.0. The van der Waals surface area contributed by atoms with Crippen LogP contribution in [-0.2, 0) is 26.2 Å². The highest BCUT2D eigenvalue weighted by Gasteiger charge is 2.42. The molecule has 1 aromatic carbocycles. The van der Waals surface area contributed by atoms with Crippen LogP contribution in [-0.4, -0.2) is 50.0 Å². The molecule has 5 nitrogen and oxygen atoms in total. The quantitative estimate of drug-likeness (QED) is 0.590. The SMILES string of the molecule is CCOC(=O)C1CN(CC2(C)Cc3ccc(OC)cc32)CCC1=O.Cl. The van der Waals surface area contributed by atoms with Crippen molar-refractivity contribution >= 4 is 24.2 Å². The summed E-state index contributed by atoms with van der Waals surface area (Å²) in [6.45, 7) is 6.34. The van der Waals surface area contributed by atoms with E-state index in [1.807, 2.05) is 6.07 Å². The molecule has 1 saturated heterocycles. The van der Waals surface area contributed by atoms with Crippen LogP contribution in [0.15, 0.2) is 18.2 Å². The van der Waals surface area contributed by atoms with Gasteiger partial charge in [0, 0.05) is 31.5 Å². The van der Waals surface area contributed by atoms with E-state index in [0.29, 0.717) is 26.1 Å². The van der Waals surface area contributed by atoms with Crippen molar-refractivity contribution in [1.29, 1.82) is 0 Å². The van der Waals surface area contributed by atoms with E-state index < -0.39 is 5.92 Å². The van der Waals surface area contributed by atoms with Gasteiger partial charge in [0.15, 0.2) is 0 Å². The molecule has 1 aliphatic carbocycles. The van der Waals surface area contributed by atoms with Crippen molar-refractivity contribution in [2.24, 2.45) is 5.92 Å². The first kappa shape index (κ1) is 19.7. The number of rotatable bonds is 5. The lowest BCUT2D eigenvalue weighted by Crippen LogP contribution is -2.52. The first-order valence-electron chi connectivity index (χ1n) is 8.56. The minimum atomic E-state index is -0.632. The van der Waals surface area contributed by atoms with E-state index in [0.717, 1.165) is 18.7 Å². The van der Waals surface area contributed by atoms with Gasteiger partial charge in [-0.15, -0.1) is 12.4 Å². The first-order chi connectivity index (χ1) is 11.5. The van der Waals surface area contributed by atoms with Gasteiger partial charge in [-0.25, -0.2) is 0 Å². The molecule has 0 saturated carbocycles. The Labute approximate surface area is 155 Å². The van der Waals surface area contributed by atoms with E-state index in [4.69, 9.17) is 9.47 Å². The molecule has 2 aliphatic rings. The molecule has 2 unspecified atom stereocenters. The van der Waals surface area contributed by atoms with Crippen LogP contribution in [0.25, 0.3) is 0 Å². The first-order valence-corrected chi connectivity index (χ1v) is 8.56. The van der Waals surface area contributed by atoms with Gasteiger partial charge in [0.2, 0.25) is 0 Å². The van der Waals surface area contributed by atoms with E-state index in [1.165, 1.54) is 11.1 Å². The molecule has 0 spiro atoms. The standard InChI is InChI=1S/C19H25NO4.ClH/c1-4-24-18(22)15-11-20(8-7-17(15)21)12-19(2)10-13-5-6-14(23-3)9-16(13)19;/h5-6,9,15H,4,7-8,10-12H2,1-3H3;1H. The Morgan fingerprint density at radius 3 is 2.84 bits per heavy atom. The zero-order valence-corrected chi connectivity index (χ0v) is 15.9. The molecule has 1 aliphatic heterocycles. The lowest BCUT2D eigenvalue weighted by molar-refractivity contribution is -0.154. The second-order valence-electron chi connectivity index (χ2n) is 7.02. The molecule has 138 valence electrons. The van der Waals surface area contributed by atoms with Crippen molar-refractivity contribution < 1.29 is 19.1 Å². The Morgan fingerprint density at radius 2 is 2.16 bits per heavy atom. The number of methoxy groups -OCH3 is 1. The van der Waals surface area contributed by atoms with Crippen molar-refractivity contribution in [2.75, 3.05) is 33.4 Å². The number of Topliss-reactive ketones (excluding diaryl/α,β-unsaturated/α-hetero) is 1. The molecule has 0 N–H and O–H groups in total. The number of fused-ring (bicyclic) bond motifs is 1. The zero-order chi connectivity index (χ0) is 17.3. The molecule has 1 heterocycles. The van der Waals surface area contributed by atoms with Gasteiger partial charge in [0.05, 0.1) is 13.7 Å². The predicted octanol–water partition coefficient (Wildman–Crippen LogP) is 2.38. The minimum Gasteiger partial charge on any atom is -0.497 e. The van der Waals surface area contributed by atoms with E-state index in [-0.39, 0.29) is 29.6 Å². The number of benzene rings is 1. The van der Waals surface area contributed by atoms with Crippen molar-refractivity contribution in [2.45, 2.75) is 32.1 Å². The highest BCUT2D eigenvalue weighted by atomic mass is 35.5. The molecule has 0 bridgehead atoms. The fourth-order valence-corrected chi connectivity index (χ4v) is 3.93. The molecule has 25 heavy (non-hydrogen) atoms. The maximum atomic E-state index is 12.0. The number of ether oxygens (including phenoxy) is 2. The number of hydrogen-bond donors (Lipinski definition) is 0. The molecule has 1 fully saturated rings. The van der Waals surface area contributed by atoms with Gasteiger partial charge in [-0.05, 0) is 36.6 Å². The van der Waals surface area contributed by atoms with Crippen LogP contribution < -0.4 is 4.74 Å². The number of piperidine rings is 1. The largest absolute Gasteiger partial charge is 0.497 e. The van der Waals surface area contributed by atoms with Crippen LogP contribution in [0.4, 0.5) is 0 Å². The molecule has 0 radical (unpaired) electrons. The summed E-state index contributed by atoms with van der Waals surface area (Å²) in [5, 5.41) is 0. The highest BCUT2D eigenvalue weighted by molar-refractivity contribution is 5.99. The Hall–Kier alpha value is -1.59. The van der Waals surface area contributed by atoms with Crippen LogP contribution in [0.5, 0.6) is 5.75 Å². The van der Waals surface area contributed by atoms with Crippen LogP contribution in [0.2, 0.25) is 0 Å². The van der Waals surface area contributed by atoms with Gasteiger partial charge in [-0.3, -0.25) is 9.59 Å². The van der Waals surface area contributed by atoms with Crippen LogP contribution in [0.1, 0.15) is 31.4 Å². The molecule has 0 aromatic heterocycles. The van der Waals surface area contributed by atoms with E-state index in [9.17, 15) is 9.59 Å². The van der Waals surface area contributed by atoms with Crippen LogP contribution in [0.3, 0.4) is 0 Å². The summed E-state index contributed by atoms with van der Waals surface area (Å²) in [4.78, 5) is 26.3. The lowest BCUT2D eigenvalue weighted by Gasteiger charge is -2.45. The summed E-state index contributed by atoms with van der Waals surface area (Å²) < 4.78 is 10.4. The molecule has 1 aromatic rings. The number of hydrogen-bond acceptors (Lipinski definition) is 5. The van der Waals surface area contributed by atoms with Crippen LogP contribution >= 0.6 is 12.4 Å². The number of likely N-dealkylation sites (tertiary alicyclic amines) is 1. The number of halogens is 1. The second kappa shape index (κ2) is 7.75. The van der Waals surface area contributed by atoms with Crippen molar-refractivity contribution in [1.82, 2.24) is 4.90 Å². The molecule has 6 heteroatoms. The van der Waals surface area contributed by atoms with E-state index in [2.05, 4.69) is 24.0 Å². The topological polar surface area (TPSA) is 55.8 Å². The minimum absolute atomic E-state index is 0. The van der Waals surface area contributed by atoms with E-state index >= 15 is 0 Å². The number of nitrogens with zero attached hydrogens (tertiary/aromatic N) is 1. The molecule has 2 atom stereocenters. The van der Waals surface area contributed by atoms with Gasteiger partial charge in [-0.2, -0.15) is 0 Å². The summed E-state index contributed by atoms with van der Waals surface area (Å²) >= 11 is 0. The summed E-state index contributed by atoms with van der Waals surface area (Å²) in [6.07, 6.45) is 1.44. The molecular weight excluding hydrogens is 342 g/mol. The fourth-order valence-electron chi connectivity index (χ4n) is 3.93. The fraction of sp³-hybridized carbons (Fsp3) is 0.579. The number of carbonyl (C=O) groups excluding carboxylic acids is 2. The van der Waals surface area contributed by atoms with Crippen molar-refractivity contribution in [3.8, 4) is 5.75 Å². The number of esters is 1. The van der Waals surface area contributed by atoms with Gasteiger partial charge < -0.3 is 14.4 Å². The smallest absolute Gasteiger partial charge is 0.317 e. The Morgan fingerprint density at radius 1 is 1.40 bits per heavy atom. The zero-order valence-electron chi connectivity index (χ0n) is 15.0. The van der Waals surface area contributed by atoms with E-state index in [1.54, 1.807) is 14.0 Å². The summed E-state index contributed by atoms with van der Waals surface area (Å²) in [6, 6.07) is 6.22. The van der Waals surface area contributed by atoms with Crippen LogP contribution in [0, 0.1) is 5.92 Å². The van der Waals surface area contributed by atoms with Gasteiger partial charge in [0.1, 0.15) is 17.5 Å². The third-order valence-electron chi connectivity index (χ3n) is 5.20. The molecule has 3 rings (SSSR count). The number of ketones is 1. The molecule has 0 amide bonds. The lowest BCUT2D eigenvalue weighted by atomic mass is 9.64. The Bertz CT molecular complexity index is 663. The summed E-state index contributed by atoms with van der Waals surface area (Å²) in [5.41, 5.74) is 2.71. The second-order valence-corrected chi connectivity index (χ2v) is 7.02. The number of carbonyl (C=O) groups is 2. The average molecular weight is 368 g/mol. The van der Waals surface area contributed by atoms with Gasteiger partial charge in [0.25, 0.3) is 0 Å².